The quantitative estimate of drug-likeness (QED) is 0.723. The van der Waals surface area contributed by atoms with Gasteiger partial charge in [0.1, 0.15) is 0 Å². The Morgan fingerprint density at radius 1 is 1.67 bits per heavy atom. The maximum absolute atomic E-state index is 11.3. The summed E-state index contributed by atoms with van der Waals surface area (Å²) in [5.74, 6) is -0.484. The van der Waals surface area contributed by atoms with Crippen molar-refractivity contribution in [2.45, 2.75) is 6.92 Å². The predicted molar refractivity (Wildman–Crippen MR) is 53.4 cm³/mol. The Morgan fingerprint density at radius 3 is 3.20 bits per heavy atom. The lowest BCUT2D eigenvalue weighted by atomic mass is 10.4. The molecule has 78 valence electrons. The number of carbonyl (C=O) groups is 1. The fraction of sp³-hybridized carbons (Fsp3) is 0.222. The summed E-state index contributed by atoms with van der Waals surface area (Å²) in [5, 5.41) is 3.95. The van der Waals surface area contributed by atoms with Crippen LogP contribution in [0.15, 0.2) is 18.3 Å². The van der Waals surface area contributed by atoms with Crippen molar-refractivity contribution in [3.8, 4) is 0 Å². The van der Waals surface area contributed by atoms with Gasteiger partial charge in [0.2, 0.25) is 0 Å². The predicted octanol–water partition coefficient (Wildman–Crippen LogP) is 0.488. The van der Waals surface area contributed by atoms with Crippen LogP contribution in [0.3, 0.4) is 0 Å². The number of anilines is 1. The third-order valence-corrected chi connectivity index (χ3v) is 1.82. The lowest BCUT2D eigenvalue weighted by Gasteiger charge is -1.93. The van der Waals surface area contributed by atoms with E-state index in [1.54, 1.807) is 25.3 Å². The fourth-order valence-electron chi connectivity index (χ4n) is 1.18. The standard InChI is InChI=1S/C9H10N4O2/c1-2-15-9(14)8-11-7-5-6(10)3-4-13(7)12-8/h3-5H,2,10H2,1H3. The molecule has 2 aromatic rings. The largest absolute Gasteiger partial charge is 0.460 e. The minimum Gasteiger partial charge on any atom is -0.460 e. The normalized spacial score (nSPS) is 10.5. The topological polar surface area (TPSA) is 82.5 Å². The molecule has 0 aliphatic heterocycles. The van der Waals surface area contributed by atoms with Crippen LogP contribution in [-0.4, -0.2) is 27.2 Å². The maximum atomic E-state index is 11.3. The van der Waals surface area contributed by atoms with E-state index in [-0.39, 0.29) is 5.82 Å². The molecule has 2 heterocycles. The van der Waals surface area contributed by atoms with Crippen LogP contribution in [0.1, 0.15) is 17.5 Å². The average Bonchev–Trinajstić information content (AvgIpc) is 2.60. The van der Waals surface area contributed by atoms with Crippen LogP contribution >= 0.6 is 0 Å². The summed E-state index contributed by atoms with van der Waals surface area (Å²) in [6.07, 6.45) is 1.64. The van der Waals surface area contributed by atoms with E-state index in [0.29, 0.717) is 17.9 Å². The zero-order valence-corrected chi connectivity index (χ0v) is 8.17. The highest BCUT2D eigenvalue weighted by molar-refractivity contribution is 5.85. The summed E-state index contributed by atoms with van der Waals surface area (Å²) in [6, 6.07) is 3.31. The van der Waals surface area contributed by atoms with Gasteiger partial charge < -0.3 is 10.5 Å². The first kappa shape index (κ1) is 9.45. The Labute approximate surface area is 85.7 Å². The van der Waals surface area contributed by atoms with Crippen LogP contribution < -0.4 is 5.73 Å². The van der Waals surface area contributed by atoms with E-state index < -0.39 is 5.97 Å². The van der Waals surface area contributed by atoms with Crippen LogP contribution in [0.2, 0.25) is 0 Å². The molecule has 0 amide bonds. The lowest BCUT2D eigenvalue weighted by molar-refractivity contribution is 0.0512. The van der Waals surface area contributed by atoms with Gasteiger partial charge in [-0.05, 0) is 13.0 Å². The first-order valence-electron chi connectivity index (χ1n) is 4.49. The van der Waals surface area contributed by atoms with Crippen molar-refractivity contribution in [1.82, 2.24) is 14.6 Å². The molecule has 0 atom stereocenters. The van der Waals surface area contributed by atoms with Crippen LogP contribution in [0, 0.1) is 0 Å². The van der Waals surface area contributed by atoms with Crippen molar-refractivity contribution in [3.05, 3.63) is 24.2 Å². The average molecular weight is 206 g/mol. The summed E-state index contributed by atoms with van der Waals surface area (Å²) in [6.45, 7) is 2.03. The summed E-state index contributed by atoms with van der Waals surface area (Å²) < 4.78 is 6.25. The number of ether oxygens (including phenoxy) is 1. The van der Waals surface area contributed by atoms with E-state index in [4.69, 9.17) is 10.5 Å². The van der Waals surface area contributed by atoms with Gasteiger partial charge >= 0.3 is 5.97 Å². The second-order valence-corrected chi connectivity index (χ2v) is 2.92. The molecule has 0 aromatic carbocycles. The molecule has 0 saturated carbocycles. The van der Waals surface area contributed by atoms with Gasteiger partial charge in [0.25, 0.3) is 5.82 Å². The number of rotatable bonds is 2. The minimum atomic E-state index is -0.528. The van der Waals surface area contributed by atoms with E-state index in [9.17, 15) is 4.79 Å². The SMILES string of the molecule is CCOC(=O)c1nc2cc(N)ccn2n1. The third kappa shape index (κ3) is 1.74. The van der Waals surface area contributed by atoms with Gasteiger partial charge in [-0.1, -0.05) is 0 Å². The first-order chi connectivity index (χ1) is 7.20. The van der Waals surface area contributed by atoms with Crippen molar-refractivity contribution in [1.29, 1.82) is 0 Å². The number of nitrogens with two attached hydrogens (primary N) is 1. The molecule has 0 radical (unpaired) electrons. The van der Waals surface area contributed by atoms with Gasteiger partial charge in [0.15, 0.2) is 5.65 Å². The number of hydrogen-bond donors (Lipinski definition) is 1. The smallest absolute Gasteiger partial charge is 0.378 e. The van der Waals surface area contributed by atoms with Gasteiger partial charge in [0.05, 0.1) is 6.61 Å². The molecular weight excluding hydrogens is 196 g/mol. The van der Waals surface area contributed by atoms with E-state index in [2.05, 4.69) is 10.1 Å². The van der Waals surface area contributed by atoms with E-state index in [0.717, 1.165) is 0 Å². The summed E-state index contributed by atoms with van der Waals surface area (Å²) >= 11 is 0. The highest BCUT2D eigenvalue weighted by atomic mass is 16.5. The van der Waals surface area contributed by atoms with Gasteiger partial charge in [-0.15, -0.1) is 5.10 Å². The van der Waals surface area contributed by atoms with Crippen molar-refractivity contribution < 1.29 is 9.53 Å². The monoisotopic (exact) mass is 206 g/mol. The Morgan fingerprint density at radius 2 is 2.47 bits per heavy atom. The summed E-state index contributed by atoms with van der Waals surface area (Å²) in [5.41, 5.74) is 6.67. The van der Waals surface area contributed by atoms with Gasteiger partial charge in [-0.25, -0.2) is 14.3 Å². The molecule has 0 saturated heterocycles. The van der Waals surface area contributed by atoms with E-state index >= 15 is 0 Å². The molecule has 0 fully saturated rings. The Hall–Kier alpha value is -2.11. The summed E-state index contributed by atoms with van der Waals surface area (Å²) in [4.78, 5) is 15.3. The molecule has 0 bridgehead atoms. The third-order valence-electron chi connectivity index (χ3n) is 1.82. The maximum Gasteiger partial charge on any atom is 0.378 e. The van der Waals surface area contributed by atoms with E-state index in [1.807, 2.05) is 0 Å². The van der Waals surface area contributed by atoms with Crippen molar-refractivity contribution in [2.24, 2.45) is 0 Å². The molecule has 2 aromatic heterocycles. The molecule has 6 nitrogen and oxygen atoms in total. The highest BCUT2D eigenvalue weighted by Gasteiger charge is 2.13. The van der Waals surface area contributed by atoms with Gasteiger partial charge in [0, 0.05) is 18.0 Å². The van der Waals surface area contributed by atoms with Crippen LogP contribution in [-0.2, 0) is 4.74 Å². The van der Waals surface area contributed by atoms with Crippen LogP contribution in [0.25, 0.3) is 5.65 Å². The summed E-state index contributed by atoms with van der Waals surface area (Å²) in [7, 11) is 0. The molecule has 0 aliphatic rings. The molecule has 6 heteroatoms. The number of esters is 1. The number of carbonyl (C=O) groups excluding carboxylic acids is 1. The van der Waals surface area contributed by atoms with Crippen LogP contribution in [0.4, 0.5) is 5.69 Å². The zero-order chi connectivity index (χ0) is 10.8. The fourth-order valence-corrected chi connectivity index (χ4v) is 1.18. The van der Waals surface area contributed by atoms with Crippen molar-refractivity contribution in [3.63, 3.8) is 0 Å². The number of nitrogens with zero attached hydrogens (tertiary/aromatic N) is 3. The van der Waals surface area contributed by atoms with E-state index in [1.165, 1.54) is 4.52 Å². The minimum absolute atomic E-state index is 0.0439. The van der Waals surface area contributed by atoms with Gasteiger partial charge in [-0.2, -0.15) is 0 Å². The number of pyridine rings is 1. The Bertz CT molecular complexity index is 506. The number of aromatic nitrogens is 3. The first-order valence-corrected chi connectivity index (χ1v) is 4.49. The molecule has 0 aliphatic carbocycles. The van der Waals surface area contributed by atoms with Gasteiger partial charge in [-0.3, -0.25) is 0 Å². The second kappa shape index (κ2) is 3.56. The Kier molecular flexibility index (Phi) is 2.24. The number of fused-ring (bicyclic) bond motifs is 1. The van der Waals surface area contributed by atoms with Crippen LogP contribution in [0.5, 0.6) is 0 Å². The number of hydrogen-bond acceptors (Lipinski definition) is 5. The zero-order valence-electron chi connectivity index (χ0n) is 8.17. The van der Waals surface area contributed by atoms with Crippen molar-refractivity contribution in [2.75, 3.05) is 12.3 Å². The second-order valence-electron chi connectivity index (χ2n) is 2.92. The molecule has 2 N–H and O–H groups in total. The highest BCUT2D eigenvalue weighted by Crippen LogP contribution is 2.07. The molecule has 2 rings (SSSR count). The number of nitrogen functional groups attached to an aromatic ring is 1. The molecule has 0 unspecified atom stereocenters. The molecule has 0 spiro atoms. The molecular formula is C9H10N4O2. The molecule has 15 heavy (non-hydrogen) atoms. The lowest BCUT2D eigenvalue weighted by Crippen LogP contribution is -2.06. The Balaban J connectivity index is 2.42. The van der Waals surface area contributed by atoms with Crippen molar-refractivity contribution >= 4 is 17.3 Å².